The number of anilines is 1. The third-order valence-electron chi connectivity index (χ3n) is 3.83. The summed E-state index contributed by atoms with van der Waals surface area (Å²) in [6.07, 6.45) is 6.45. The smallest absolute Gasteiger partial charge is 0.242 e. The number of hydrogen-bond acceptors (Lipinski definition) is 6. The average Bonchev–Trinajstić information content (AvgIpc) is 3.08. The van der Waals surface area contributed by atoms with Gasteiger partial charge in [0.2, 0.25) is 5.88 Å². The molecule has 2 N–H and O–H groups in total. The van der Waals surface area contributed by atoms with Crippen LogP contribution in [0.3, 0.4) is 0 Å². The standard InChI is InChI=1S/C20H17FN6O/c1-4-5-6-17(23-3)27-19-14(10-22)20(25-11-24-19)28-16-8-7-15-13(18(16)21)9-12(2)26-15/h4-9,11,26H,3H2,1-2H3,(H,24,25,27)/b5-4-,17-6+. The number of aromatic nitrogens is 3. The second-order valence-electron chi connectivity index (χ2n) is 5.77. The summed E-state index contributed by atoms with van der Waals surface area (Å²) >= 11 is 0. The molecule has 1 aromatic carbocycles. The van der Waals surface area contributed by atoms with Gasteiger partial charge in [-0.2, -0.15) is 5.26 Å². The largest absolute Gasteiger partial charge is 0.434 e. The van der Waals surface area contributed by atoms with E-state index in [-0.39, 0.29) is 23.0 Å². The maximum absolute atomic E-state index is 14.8. The summed E-state index contributed by atoms with van der Waals surface area (Å²) in [5.41, 5.74) is 1.50. The van der Waals surface area contributed by atoms with E-state index < -0.39 is 5.82 Å². The zero-order valence-corrected chi connectivity index (χ0v) is 15.3. The van der Waals surface area contributed by atoms with E-state index >= 15 is 0 Å². The van der Waals surface area contributed by atoms with Gasteiger partial charge in [0.05, 0.1) is 0 Å². The van der Waals surface area contributed by atoms with E-state index in [1.54, 1.807) is 24.3 Å². The van der Waals surface area contributed by atoms with Crippen LogP contribution in [-0.2, 0) is 0 Å². The Morgan fingerprint density at radius 3 is 2.96 bits per heavy atom. The van der Waals surface area contributed by atoms with E-state index in [9.17, 15) is 9.65 Å². The van der Waals surface area contributed by atoms with Gasteiger partial charge < -0.3 is 15.0 Å². The molecule has 7 nitrogen and oxygen atoms in total. The van der Waals surface area contributed by atoms with Gasteiger partial charge in [-0.05, 0) is 44.8 Å². The number of halogens is 1. The van der Waals surface area contributed by atoms with E-state index in [0.29, 0.717) is 16.7 Å². The van der Waals surface area contributed by atoms with Crippen molar-refractivity contribution in [3.05, 3.63) is 65.7 Å². The minimum Gasteiger partial charge on any atom is -0.434 e. The van der Waals surface area contributed by atoms with Crippen LogP contribution in [-0.4, -0.2) is 21.7 Å². The number of nitrogens with one attached hydrogen (secondary N) is 2. The number of ether oxygens (including phenoxy) is 1. The lowest BCUT2D eigenvalue weighted by molar-refractivity contribution is 0.428. The van der Waals surface area contributed by atoms with Crippen molar-refractivity contribution in [2.45, 2.75) is 13.8 Å². The highest BCUT2D eigenvalue weighted by molar-refractivity contribution is 5.82. The molecule has 0 fully saturated rings. The molecule has 0 aliphatic carbocycles. The molecule has 0 aliphatic heterocycles. The first-order valence-electron chi connectivity index (χ1n) is 8.35. The fourth-order valence-corrected chi connectivity index (χ4v) is 2.56. The van der Waals surface area contributed by atoms with Crippen molar-refractivity contribution in [3.8, 4) is 17.7 Å². The minimum atomic E-state index is -0.541. The molecule has 0 radical (unpaired) electrons. The molecule has 28 heavy (non-hydrogen) atoms. The van der Waals surface area contributed by atoms with Crippen LogP contribution in [0.1, 0.15) is 18.2 Å². The number of aryl methyl sites for hydroxylation is 1. The SMILES string of the molecule is C=N/C(=C\C=C/C)Nc1ncnc(Oc2ccc3[nH]c(C)cc3c2F)c1C#N. The normalized spacial score (nSPS) is 11.6. The summed E-state index contributed by atoms with van der Waals surface area (Å²) in [5, 5.41) is 12.8. The van der Waals surface area contributed by atoms with Crippen molar-refractivity contribution in [1.82, 2.24) is 15.0 Å². The molecule has 8 heteroatoms. The first kappa shape index (κ1) is 18.8. The van der Waals surface area contributed by atoms with E-state index in [2.05, 4.69) is 32.0 Å². The molecule has 0 saturated heterocycles. The van der Waals surface area contributed by atoms with Crippen LogP contribution in [0, 0.1) is 24.1 Å². The Kier molecular flexibility index (Phi) is 5.46. The Hall–Kier alpha value is -3.99. The highest BCUT2D eigenvalue weighted by Crippen LogP contribution is 2.32. The molecule has 0 saturated carbocycles. The number of aromatic amines is 1. The minimum absolute atomic E-state index is 0.0160. The molecular weight excluding hydrogens is 359 g/mol. The lowest BCUT2D eigenvalue weighted by Gasteiger charge is -2.11. The predicted molar refractivity (Wildman–Crippen MR) is 106 cm³/mol. The fraction of sp³-hybridized carbons (Fsp3) is 0.100. The van der Waals surface area contributed by atoms with Gasteiger partial charge in [0.1, 0.15) is 18.2 Å². The molecular formula is C20H17FN6O. The van der Waals surface area contributed by atoms with Crippen molar-refractivity contribution >= 4 is 23.4 Å². The number of benzene rings is 1. The zero-order chi connectivity index (χ0) is 20.1. The highest BCUT2D eigenvalue weighted by atomic mass is 19.1. The number of allylic oxidation sites excluding steroid dienone is 3. The van der Waals surface area contributed by atoms with Gasteiger partial charge >= 0.3 is 0 Å². The lowest BCUT2D eigenvalue weighted by atomic mass is 10.2. The number of rotatable bonds is 6. The molecule has 2 heterocycles. The van der Waals surface area contributed by atoms with Gasteiger partial charge in [0, 0.05) is 16.6 Å². The van der Waals surface area contributed by atoms with Crippen LogP contribution in [0.15, 0.2) is 53.6 Å². The maximum atomic E-state index is 14.8. The molecule has 0 atom stereocenters. The average molecular weight is 376 g/mol. The van der Waals surface area contributed by atoms with Crippen LogP contribution in [0.5, 0.6) is 11.6 Å². The molecule has 0 aliphatic rings. The summed E-state index contributed by atoms with van der Waals surface area (Å²) in [5.74, 6) is -0.0938. The highest BCUT2D eigenvalue weighted by Gasteiger charge is 2.17. The number of nitrogens with zero attached hydrogens (tertiary/aromatic N) is 4. The summed E-state index contributed by atoms with van der Waals surface area (Å²) < 4.78 is 20.4. The first-order valence-corrected chi connectivity index (χ1v) is 8.35. The van der Waals surface area contributed by atoms with Crippen LogP contribution in [0.4, 0.5) is 10.2 Å². The molecule has 2 aromatic heterocycles. The van der Waals surface area contributed by atoms with Crippen LogP contribution in [0.25, 0.3) is 10.9 Å². The predicted octanol–water partition coefficient (Wildman–Crippen LogP) is 4.60. The Morgan fingerprint density at radius 2 is 2.25 bits per heavy atom. The number of fused-ring (bicyclic) bond motifs is 1. The molecule has 0 unspecified atom stereocenters. The molecule has 0 bridgehead atoms. The van der Waals surface area contributed by atoms with Gasteiger partial charge in [-0.25, -0.2) is 19.4 Å². The van der Waals surface area contributed by atoms with Gasteiger partial charge in [0.15, 0.2) is 22.9 Å². The van der Waals surface area contributed by atoms with Gasteiger partial charge in [0.25, 0.3) is 0 Å². The van der Waals surface area contributed by atoms with Crippen molar-refractivity contribution in [1.29, 1.82) is 5.26 Å². The second-order valence-corrected chi connectivity index (χ2v) is 5.77. The van der Waals surface area contributed by atoms with Crippen LogP contribution >= 0.6 is 0 Å². The van der Waals surface area contributed by atoms with Crippen LogP contribution < -0.4 is 10.1 Å². The Labute approximate surface area is 160 Å². The number of H-pyrrole nitrogens is 1. The first-order chi connectivity index (χ1) is 13.6. The van der Waals surface area contributed by atoms with Crippen molar-refractivity contribution in [2.75, 3.05) is 5.32 Å². The Morgan fingerprint density at radius 1 is 1.43 bits per heavy atom. The fourth-order valence-electron chi connectivity index (χ4n) is 2.56. The third kappa shape index (κ3) is 3.73. The van der Waals surface area contributed by atoms with E-state index in [1.807, 2.05) is 26.0 Å². The van der Waals surface area contributed by atoms with Gasteiger partial charge in [-0.15, -0.1) is 0 Å². The van der Waals surface area contributed by atoms with E-state index in [1.165, 1.54) is 12.4 Å². The second kappa shape index (κ2) is 8.14. The number of nitriles is 1. The lowest BCUT2D eigenvalue weighted by Crippen LogP contribution is -2.04. The topological polar surface area (TPSA) is 99.0 Å². The molecule has 3 rings (SSSR count). The monoisotopic (exact) mass is 376 g/mol. The molecule has 3 aromatic rings. The zero-order valence-electron chi connectivity index (χ0n) is 15.3. The number of aliphatic imine (C=N–C) groups is 1. The van der Waals surface area contributed by atoms with Gasteiger partial charge in [-0.1, -0.05) is 12.2 Å². The van der Waals surface area contributed by atoms with Crippen molar-refractivity contribution < 1.29 is 9.13 Å². The molecule has 0 spiro atoms. The van der Waals surface area contributed by atoms with E-state index in [4.69, 9.17) is 4.74 Å². The summed E-state index contributed by atoms with van der Waals surface area (Å²) in [7, 11) is 0. The quantitative estimate of drug-likeness (QED) is 0.484. The summed E-state index contributed by atoms with van der Waals surface area (Å²) in [6.45, 7) is 7.16. The number of hydrogen-bond donors (Lipinski definition) is 2. The van der Waals surface area contributed by atoms with Crippen molar-refractivity contribution in [3.63, 3.8) is 0 Å². The Bertz CT molecular complexity index is 1140. The maximum Gasteiger partial charge on any atom is 0.242 e. The van der Waals surface area contributed by atoms with Crippen LogP contribution in [0.2, 0.25) is 0 Å². The molecule has 0 amide bonds. The van der Waals surface area contributed by atoms with Gasteiger partial charge in [-0.3, -0.25) is 0 Å². The Balaban J connectivity index is 1.98. The van der Waals surface area contributed by atoms with E-state index in [0.717, 1.165) is 5.69 Å². The summed E-state index contributed by atoms with van der Waals surface area (Å²) in [6, 6.07) is 6.85. The third-order valence-corrected chi connectivity index (χ3v) is 3.83. The molecule has 140 valence electrons. The van der Waals surface area contributed by atoms with Crippen molar-refractivity contribution in [2.24, 2.45) is 4.99 Å². The summed E-state index contributed by atoms with van der Waals surface area (Å²) in [4.78, 5) is 14.9.